The minimum atomic E-state index is -0.210. The van der Waals surface area contributed by atoms with Gasteiger partial charge in [-0.05, 0) is 19.2 Å². The molecule has 2 aromatic heterocycles. The first-order valence-corrected chi connectivity index (χ1v) is 9.07. The Kier molecular flexibility index (Phi) is 5.11. The lowest BCUT2D eigenvalue weighted by atomic mass is 10.2. The van der Waals surface area contributed by atoms with Gasteiger partial charge in [0.1, 0.15) is 11.5 Å². The highest BCUT2D eigenvalue weighted by atomic mass is 32.1. The van der Waals surface area contributed by atoms with E-state index >= 15 is 0 Å². The lowest BCUT2D eigenvalue weighted by Crippen LogP contribution is -2.44. The Balaban J connectivity index is 1.62. The lowest BCUT2D eigenvalue weighted by Gasteiger charge is -2.33. The summed E-state index contributed by atoms with van der Waals surface area (Å²) in [4.78, 5) is 25.6. The summed E-state index contributed by atoms with van der Waals surface area (Å²) in [6.07, 6.45) is 1.82. The Morgan fingerprint density at radius 3 is 2.58 bits per heavy atom. The van der Waals surface area contributed by atoms with Crippen LogP contribution < -0.4 is 10.2 Å². The van der Waals surface area contributed by atoms with Gasteiger partial charge in [0.25, 0.3) is 5.91 Å². The molecule has 1 aliphatic rings. The number of hydrogen-bond acceptors (Lipinski definition) is 6. The molecule has 0 bridgehead atoms. The van der Waals surface area contributed by atoms with Gasteiger partial charge in [-0.2, -0.15) is 0 Å². The number of carbonyl (C=O) groups is 1. The second kappa shape index (κ2) is 7.27. The van der Waals surface area contributed by atoms with E-state index in [1.54, 1.807) is 5.38 Å². The average molecular weight is 345 g/mol. The highest BCUT2D eigenvalue weighted by Crippen LogP contribution is 2.20. The minimum absolute atomic E-state index is 0.210. The monoisotopic (exact) mass is 345 g/mol. The number of pyridine rings is 1. The number of nitrogens with one attached hydrogen (secondary N) is 1. The van der Waals surface area contributed by atoms with Gasteiger partial charge in [-0.3, -0.25) is 4.79 Å². The number of rotatable bonds is 4. The Morgan fingerprint density at radius 2 is 2.00 bits per heavy atom. The zero-order chi connectivity index (χ0) is 17.1. The molecule has 6 nitrogen and oxygen atoms in total. The third-order valence-corrected chi connectivity index (χ3v) is 5.25. The molecule has 0 aliphatic carbocycles. The molecule has 3 rings (SSSR count). The van der Waals surface area contributed by atoms with Crippen molar-refractivity contribution in [2.24, 2.45) is 0 Å². The topological polar surface area (TPSA) is 61.4 Å². The van der Waals surface area contributed by atoms with Gasteiger partial charge in [-0.15, -0.1) is 11.3 Å². The molecule has 7 heteroatoms. The van der Waals surface area contributed by atoms with Gasteiger partial charge in [0.15, 0.2) is 0 Å². The summed E-state index contributed by atoms with van der Waals surface area (Å²) in [6, 6.07) is 3.86. The normalized spacial score (nSPS) is 15.8. The quantitative estimate of drug-likeness (QED) is 0.923. The van der Waals surface area contributed by atoms with Crippen LogP contribution in [-0.2, 0) is 0 Å². The largest absolute Gasteiger partial charge is 0.368 e. The van der Waals surface area contributed by atoms with Crippen LogP contribution in [0.3, 0.4) is 0 Å². The molecule has 1 N–H and O–H groups in total. The van der Waals surface area contributed by atoms with Gasteiger partial charge in [0.05, 0.1) is 16.9 Å². The van der Waals surface area contributed by atoms with Crippen molar-refractivity contribution in [1.29, 1.82) is 0 Å². The molecule has 3 heterocycles. The van der Waals surface area contributed by atoms with E-state index in [4.69, 9.17) is 0 Å². The molecule has 0 radical (unpaired) electrons. The summed E-state index contributed by atoms with van der Waals surface area (Å²) in [5.41, 5.74) is 1.55. The number of aromatic nitrogens is 2. The molecular formula is C17H23N5OS. The summed E-state index contributed by atoms with van der Waals surface area (Å²) in [7, 11) is 2.14. The molecule has 2 aromatic rings. The zero-order valence-electron chi connectivity index (χ0n) is 14.3. The zero-order valence-corrected chi connectivity index (χ0v) is 15.1. The van der Waals surface area contributed by atoms with Crippen LogP contribution in [0.1, 0.15) is 35.3 Å². The summed E-state index contributed by atoms with van der Waals surface area (Å²) < 4.78 is 0. The summed E-state index contributed by atoms with van der Waals surface area (Å²) >= 11 is 1.51. The van der Waals surface area contributed by atoms with Crippen molar-refractivity contribution in [3.63, 3.8) is 0 Å². The fourth-order valence-electron chi connectivity index (χ4n) is 2.55. The fraction of sp³-hybridized carbons (Fsp3) is 0.471. The third kappa shape index (κ3) is 3.91. The fourth-order valence-corrected chi connectivity index (χ4v) is 3.36. The molecule has 24 heavy (non-hydrogen) atoms. The Morgan fingerprint density at radius 1 is 1.25 bits per heavy atom. The van der Waals surface area contributed by atoms with Gasteiger partial charge in [0, 0.05) is 37.5 Å². The van der Waals surface area contributed by atoms with E-state index in [2.05, 4.69) is 46.0 Å². The molecule has 0 aromatic carbocycles. The predicted octanol–water partition coefficient (Wildman–Crippen LogP) is 2.67. The number of piperazine rings is 1. The van der Waals surface area contributed by atoms with E-state index in [1.165, 1.54) is 11.3 Å². The second-order valence-electron chi connectivity index (χ2n) is 6.37. The average Bonchev–Trinajstić information content (AvgIpc) is 3.07. The maximum absolute atomic E-state index is 12.2. The lowest BCUT2D eigenvalue weighted by molar-refractivity contribution is 0.102. The number of amides is 1. The molecule has 0 unspecified atom stereocenters. The van der Waals surface area contributed by atoms with Crippen molar-refractivity contribution in [3.8, 4) is 0 Å². The van der Waals surface area contributed by atoms with Crippen LogP contribution in [0.4, 0.5) is 11.5 Å². The minimum Gasteiger partial charge on any atom is -0.368 e. The smallest absolute Gasteiger partial charge is 0.276 e. The van der Waals surface area contributed by atoms with Crippen LogP contribution in [0.15, 0.2) is 23.7 Å². The molecule has 0 saturated carbocycles. The van der Waals surface area contributed by atoms with Crippen LogP contribution in [0.25, 0.3) is 0 Å². The van der Waals surface area contributed by atoms with Crippen molar-refractivity contribution < 1.29 is 4.79 Å². The number of carbonyl (C=O) groups excluding carboxylic acids is 1. The van der Waals surface area contributed by atoms with E-state index < -0.39 is 0 Å². The summed E-state index contributed by atoms with van der Waals surface area (Å²) in [5.74, 6) is 0.674. The van der Waals surface area contributed by atoms with Crippen molar-refractivity contribution in [1.82, 2.24) is 14.9 Å². The third-order valence-electron chi connectivity index (χ3n) is 4.11. The number of likely N-dealkylation sites (N-methyl/N-ethyl adjacent to an activating group) is 1. The van der Waals surface area contributed by atoms with Gasteiger partial charge in [-0.1, -0.05) is 13.8 Å². The van der Waals surface area contributed by atoms with E-state index in [0.717, 1.165) is 36.9 Å². The van der Waals surface area contributed by atoms with Crippen LogP contribution in [-0.4, -0.2) is 54.0 Å². The van der Waals surface area contributed by atoms with Gasteiger partial charge in [0.2, 0.25) is 0 Å². The molecule has 0 atom stereocenters. The summed E-state index contributed by atoms with van der Waals surface area (Å²) in [5, 5.41) is 5.58. The van der Waals surface area contributed by atoms with Crippen molar-refractivity contribution in [2.45, 2.75) is 19.8 Å². The van der Waals surface area contributed by atoms with Gasteiger partial charge < -0.3 is 15.1 Å². The Labute approximate surface area is 146 Å². The van der Waals surface area contributed by atoms with Crippen molar-refractivity contribution >= 4 is 28.7 Å². The first kappa shape index (κ1) is 16.9. The molecule has 0 spiro atoms. The molecule has 128 valence electrons. The Bertz CT molecular complexity index is 689. The van der Waals surface area contributed by atoms with Crippen LogP contribution in [0, 0.1) is 0 Å². The molecule has 1 amide bonds. The van der Waals surface area contributed by atoms with Gasteiger partial charge >= 0.3 is 0 Å². The van der Waals surface area contributed by atoms with Gasteiger partial charge in [-0.25, -0.2) is 9.97 Å². The maximum Gasteiger partial charge on any atom is 0.276 e. The maximum atomic E-state index is 12.2. The van der Waals surface area contributed by atoms with E-state index in [1.807, 2.05) is 18.3 Å². The van der Waals surface area contributed by atoms with Crippen LogP contribution >= 0.6 is 11.3 Å². The highest BCUT2D eigenvalue weighted by molar-refractivity contribution is 7.09. The number of hydrogen-bond donors (Lipinski definition) is 1. The van der Waals surface area contributed by atoms with Crippen LogP contribution in [0.5, 0.6) is 0 Å². The van der Waals surface area contributed by atoms with Crippen molar-refractivity contribution in [3.05, 3.63) is 34.4 Å². The van der Waals surface area contributed by atoms with Crippen molar-refractivity contribution in [2.75, 3.05) is 43.4 Å². The highest BCUT2D eigenvalue weighted by Gasteiger charge is 2.16. The molecule has 1 fully saturated rings. The number of nitrogens with zero attached hydrogens (tertiary/aromatic N) is 4. The Hall–Kier alpha value is -1.99. The second-order valence-corrected chi connectivity index (χ2v) is 7.26. The van der Waals surface area contributed by atoms with E-state index in [0.29, 0.717) is 17.4 Å². The first-order chi connectivity index (χ1) is 11.5. The first-order valence-electron chi connectivity index (χ1n) is 8.19. The SMILES string of the molecule is CC(C)c1nc(C(=O)Nc2ccc(N3CCN(C)CC3)cn2)cs1. The number of thiazole rings is 1. The predicted molar refractivity (Wildman–Crippen MR) is 98.1 cm³/mol. The molecule has 1 saturated heterocycles. The standard InChI is InChI=1S/C17H23N5OS/c1-12(2)17-19-14(11-24-17)16(23)20-15-5-4-13(10-18-15)22-8-6-21(3)7-9-22/h4-5,10-12H,6-9H2,1-3H3,(H,18,20,23). The van der Waals surface area contributed by atoms with Crippen LogP contribution in [0.2, 0.25) is 0 Å². The van der Waals surface area contributed by atoms with E-state index in [-0.39, 0.29) is 5.91 Å². The van der Waals surface area contributed by atoms with E-state index in [9.17, 15) is 4.79 Å². The molecule has 1 aliphatic heterocycles. The molecular weight excluding hydrogens is 322 g/mol. The summed E-state index contributed by atoms with van der Waals surface area (Å²) in [6.45, 7) is 8.25. The number of anilines is 2.